The molecular formula is C29H29F4N5OS. The Balaban J connectivity index is 1.21. The Morgan fingerprint density at radius 1 is 1.10 bits per heavy atom. The Hall–Kier alpha value is -3.57. The molecule has 1 aromatic heterocycles. The van der Waals surface area contributed by atoms with Gasteiger partial charge in [0.05, 0.1) is 28.2 Å². The van der Waals surface area contributed by atoms with Crippen LogP contribution in [0, 0.1) is 18.7 Å². The maximum absolute atomic E-state index is 14.2. The van der Waals surface area contributed by atoms with Crippen molar-refractivity contribution in [2.45, 2.75) is 30.3 Å². The zero-order chi connectivity index (χ0) is 28.6. The van der Waals surface area contributed by atoms with Crippen LogP contribution in [-0.4, -0.2) is 35.6 Å². The van der Waals surface area contributed by atoms with Gasteiger partial charge in [0.1, 0.15) is 11.6 Å². The molecule has 11 heteroatoms. The molecule has 2 atom stereocenters. The molecule has 0 radical (unpaired) electrons. The Bertz CT molecular complexity index is 1540. The normalized spacial score (nSPS) is 17.7. The molecule has 0 saturated carbocycles. The molecule has 1 fully saturated rings. The van der Waals surface area contributed by atoms with Crippen LogP contribution in [0.25, 0.3) is 11.0 Å². The summed E-state index contributed by atoms with van der Waals surface area (Å²) in [6.45, 7) is 3.07. The van der Waals surface area contributed by atoms with E-state index in [2.05, 4.69) is 42.7 Å². The number of carbonyl (C=O) groups excluding carboxylic acids is 1. The van der Waals surface area contributed by atoms with Crippen LogP contribution < -0.4 is 14.9 Å². The number of anilines is 2. The van der Waals surface area contributed by atoms with E-state index in [1.807, 2.05) is 45.3 Å². The van der Waals surface area contributed by atoms with Gasteiger partial charge in [0.25, 0.3) is 0 Å². The quantitative estimate of drug-likeness (QED) is 0.204. The summed E-state index contributed by atoms with van der Waals surface area (Å²) in [6, 6.07) is 16.5. The number of aromatic nitrogens is 2. The van der Waals surface area contributed by atoms with Gasteiger partial charge in [0.15, 0.2) is 0 Å². The van der Waals surface area contributed by atoms with Gasteiger partial charge in [-0.25, -0.2) is 9.37 Å². The van der Waals surface area contributed by atoms with Crippen molar-refractivity contribution in [3.63, 3.8) is 0 Å². The second-order valence-electron chi connectivity index (χ2n) is 10.0. The summed E-state index contributed by atoms with van der Waals surface area (Å²) in [5, 5.41) is 5.72. The molecule has 4 aromatic rings. The third kappa shape index (κ3) is 5.95. The van der Waals surface area contributed by atoms with E-state index >= 15 is 0 Å². The minimum Gasteiger partial charge on any atom is -0.331 e. The summed E-state index contributed by atoms with van der Waals surface area (Å²) in [5.74, 6) is -0.975. The van der Waals surface area contributed by atoms with Gasteiger partial charge in [-0.1, -0.05) is 12.1 Å². The standard InChI is InChI=1S/C29H29F4N5OS/c1-17-35-26-14-23(9-11-27(26)37(17)2)40-38(3)22-7-4-18(5-8-22)19-12-20(16-34-15-19)28(39)36-25-10-6-21(13-24(25)30)29(31,32)33/h4-11,13-14,19-20,34H,12,15-16H2,1-3H3,(H,36,39). The lowest BCUT2D eigenvalue weighted by Crippen LogP contribution is -2.41. The topological polar surface area (TPSA) is 62.2 Å². The van der Waals surface area contributed by atoms with Crippen LogP contribution in [0.2, 0.25) is 0 Å². The number of carbonyl (C=O) groups is 1. The molecule has 0 aliphatic carbocycles. The number of imidazole rings is 1. The summed E-state index contributed by atoms with van der Waals surface area (Å²) in [7, 11) is 4.00. The average molecular weight is 572 g/mol. The number of amides is 1. The van der Waals surface area contributed by atoms with E-state index in [0.717, 1.165) is 45.1 Å². The van der Waals surface area contributed by atoms with E-state index in [4.69, 9.17) is 0 Å². The van der Waals surface area contributed by atoms with Crippen molar-refractivity contribution in [3.05, 3.63) is 83.4 Å². The van der Waals surface area contributed by atoms with Crippen LogP contribution in [0.1, 0.15) is 29.3 Å². The van der Waals surface area contributed by atoms with Crippen molar-refractivity contribution >= 4 is 40.3 Å². The summed E-state index contributed by atoms with van der Waals surface area (Å²) < 4.78 is 56.8. The number of piperidine rings is 1. The number of hydrogen-bond acceptors (Lipinski definition) is 5. The van der Waals surface area contributed by atoms with Crippen molar-refractivity contribution in [2.75, 3.05) is 29.8 Å². The Morgan fingerprint density at radius 2 is 1.85 bits per heavy atom. The smallest absolute Gasteiger partial charge is 0.331 e. The highest BCUT2D eigenvalue weighted by Crippen LogP contribution is 2.34. The van der Waals surface area contributed by atoms with E-state index in [9.17, 15) is 22.4 Å². The number of alkyl halides is 3. The number of rotatable bonds is 6. The molecule has 1 saturated heterocycles. The van der Waals surface area contributed by atoms with Gasteiger partial charge in [-0.15, -0.1) is 0 Å². The fraction of sp³-hybridized carbons (Fsp3) is 0.310. The van der Waals surface area contributed by atoms with Crippen LogP contribution in [-0.2, 0) is 18.0 Å². The predicted molar refractivity (Wildman–Crippen MR) is 150 cm³/mol. The summed E-state index contributed by atoms with van der Waals surface area (Å²) in [5.41, 5.74) is 2.77. The monoisotopic (exact) mass is 571 g/mol. The zero-order valence-corrected chi connectivity index (χ0v) is 23.0. The molecule has 40 heavy (non-hydrogen) atoms. The van der Waals surface area contributed by atoms with Crippen LogP contribution in [0.4, 0.5) is 28.9 Å². The fourth-order valence-corrected chi connectivity index (χ4v) is 5.78. The number of aryl methyl sites for hydroxylation is 2. The molecule has 210 valence electrons. The summed E-state index contributed by atoms with van der Waals surface area (Å²) in [4.78, 5) is 18.5. The van der Waals surface area contributed by atoms with Gasteiger partial charge < -0.3 is 19.5 Å². The van der Waals surface area contributed by atoms with Gasteiger partial charge in [-0.3, -0.25) is 4.79 Å². The van der Waals surface area contributed by atoms with Gasteiger partial charge in [-0.05, 0) is 85.3 Å². The van der Waals surface area contributed by atoms with Crippen LogP contribution in [0.5, 0.6) is 0 Å². The Morgan fingerprint density at radius 3 is 2.55 bits per heavy atom. The molecule has 6 nitrogen and oxygen atoms in total. The number of nitrogens with zero attached hydrogens (tertiary/aromatic N) is 3. The maximum atomic E-state index is 14.2. The molecule has 1 aliphatic rings. The lowest BCUT2D eigenvalue weighted by Gasteiger charge is -2.30. The molecule has 0 spiro atoms. The number of fused-ring (bicyclic) bond motifs is 1. The third-order valence-electron chi connectivity index (χ3n) is 7.32. The van der Waals surface area contributed by atoms with Crippen molar-refractivity contribution in [1.82, 2.24) is 14.9 Å². The average Bonchev–Trinajstić information content (AvgIpc) is 3.21. The molecule has 2 N–H and O–H groups in total. The van der Waals surface area contributed by atoms with Crippen LogP contribution in [0.15, 0.2) is 65.6 Å². The molecule has 2 unspecified atom stereocenters. The van der Waals surface area contributed by atoms with E-state index < -0.39 is 29.4 Å². The summed E-state index contributed by atoms with van der Waals surface area (Å²) >= 11 is 1.60. The number of halogens is 4. The van der Waals surface area contributed by atoms with Crippen molar-refractivity contribution in [1.29, 1.82) is 0 Å². The van der Waals surface area contributed by atoms with E-state index in [0.29, 0.717) is 25.6 Å². The first kappa shape index (κ1) is 28.0. The molecular weight excluding hydrogens is 542 g/mol. The number of nitrogens with one attached hydrogen (secondary N) is 2. The molecule has 0 bridgehead atoms. The largest absolute Gasteiger partial charge is 0.416 e. The maximum Gasteiger partial charge on any atom is 0.416 e. The van der Waals surface area contributed by atoms with Crippen molar-refractivity contribution < 1.29 is 22.4 Å². The molecule has 3 aromatic carbocycles. The Kier molecular flexibility index (Phi) is 7.78. The van der Waals surface area contributed by atoms with E-state index in [-0.39, 0.29) is 11.6 Å². The lowest BCUT2D eigenvalue weighted by atomic mass is 9.85. The van der Waals surface area contributed by atoms with Gasteiger partial charge in [-0.2, -0.15) is 13.2 Å². The first-order valence-corrected chi connectivity index (χ1v) is 13.6. The van der Waals surface area contributed by atoms with Gasteiger partial charge in [0.2, 0.25) is 5.91 Å². The van der Waals surface area contributed by atoms with E-state index in [1.165, 1.54) is 0 Å². The molecule has 2 heterocycles. The Labute approximate surface area is 233 Å². The van der Waals surface area contributed by atoms with Crippen molar-refractivity contribution in [2.24, 2.45) is 13.0 Å². The molecule has 5 rings (SSSR count). The van der Waals surface area contributed by atoms with Crippen LogP contribution in [0.3, 0.4) is 0 Å². The highest BCUT2D eigenvalue weighted by Gasteiger charge is 2.32. The minimum atomic E-state index is -4.65. The minimum absolute atomic E-state index is 0.0590. The number of benzene rings is 3. The van der Waals surface area contributed by atoms with Crippen LogP contribution >= 0.6 is 11.9 Å². The van der Waals surface area contributed by atoms with E-state index in [1.54, 1.807) is 11.9 Å². The second-order valence-corrected chi connectivity index (χ2v) is 11.2. The van der Waals surface area contributed by atoms with Gasteiger partial charge >= 0.3 is 6.18 Å². The first-order valence-electron chi connectivity index (χ1n) is 12.8. The third-order valence-corrected chi connectivity index (χ3v) is 8.27. The second kappa shape index (κ2) is 11.1. The fourth-order valence-electron chi connectivity index (χ4n) is 4.95. The number of hydrogen-bond donors (Lipinski definition) is 2. The van der Waals surface area contributed by atoms with Crippen molar-refractivity contribution in [3.8, 4) is 0 Å². The predicted octanol–water partition coefficient (Wildman–Crippen LogP) is 6.51. The SMILES string of the molecule is Cc1nc2cc(SN(C)c3ccc(C4CNCC(C(=O)Nc5ccc(C(F)(F)F)cc5F)C4)cc3)ccc2n1C. The highest BCUT2D eigenvalue weighted by atomic mass is 32.2. The summed E-state index contributed by atoms with van der Waals surface area (Å²) in [6.07, 6.45) is -4.12. The van der Waals surface area contributed by atoms with Gasteiger partial charge in [0, 0.05) is 37.8 Å². The first-order chi connectivity index (χ1) is 19.0. The molecule has 1 amide bonds. The lowest BCUT2D eigenvalue weighted by molar-refractivity contribution is -0.137. The highest BCUT2D eigenvalue weighted by molar-refractivity contribution is 8.00. The zero-order valence-electron chi connectivity index (χ0n) is 22.2. The molecule has 1 aliphatic heterocycles.